The zero-order chi connectivity index (χ0) is 11.4. The van der Waals surface area contributed by atoms with Crippen LogP contribution < -0.4 is 0 Å². The summed E-state index contributed by atoms with van der Waals surface area (Å²) in [6, 6.07) is 1.80. The van der Waals surface area contributed by atoms with Crippen molar-refractivity contribution in [2.24, 2.45) is 0 Å². The molecule has 0 spiro atoms. The van der Waals surface area contributed by atoms with Crippen LogP contribution in [0.25, 0.3) is 11.4 Å². The fraction of sp³-hybridized carbons (Fsp3) is 0.250. The van der Waals surface area contributed by atoms with Gasteiger partial charge in [0.25, 0.3) is 0 Å². The highest BCUT2D eigenvalue weighted by Crippen LogP contribution is 2.17. The van der Waals surface area contributed by atoms with Gasteiger partial charge in [0, 0.05) is 42.5 Å². The van der Waals surface area contributed by atoms with E-state index in [1.807, 2.05) is 6.20 Å². The van der Waals surface area contributed by atoms with E-state index >= 15 is 0 Å². The highest BCUT2D eigenvalue weighted by atomic mass is 16.1. The van der Waals surface area contributed by atoms with Crippen molar-refractivity contribution in [1.82, 2.24) is 14.5 Å². The van der Waals surface area contributed by atoms with Gasteiger partial charge in [0.2, 0.25) is 0 Å². The van der Waals surface area contributed by atoms with Gasteiger partial charge in [-0.25, -0.2) is 4.98 Å². The molecule has 0 aliphatic rings. The fourth-order valence-corrected chi connectivity index (χ4v) is 1.64. The number of aromatic nitrogens is 3. The third-order valence-corrected chi connectivity index (χ3v) is 2.33. The Morgan fingerprint density at radius 1 is 1.44 bits per heavy atom. The van der Waals surface area contributed by atoms with E-state index in [1.165, 1.54) is 0 Å². The zero-order valence-corrected chi connectivity index (χ0v) is 9.13. The Labute approximate surface area is 94.0 Å². The number of aldehydes is 1. The summed E-state index contributed by atoms with van der Waals surface area (Å²) in [5, 5.41) is 0. The molecule has 0 bridgehead atoms. The molecule has 0 aromatic carbocycles. The molecular weight excluding hydrogens is 202 g/mol. The molecule has 0 amide bonds. The van der Waals surface area contributed by atoms with Crippen molar-refractivity contribution in [1.29, 1.82) is 0 Å². The molecular formula is C12H13N3O. The van der Waals surface area contributed by atoms with Crippen LogP contribution in [0.5, 0.6) is 0 Å². The quantitative estimate of drug-likeness (QED) is 0.734. The first-order chi connectivity index (χ1) is 7.85. The first-order valence-corrected chi connectivity index (χ1v) is 5.27. The van der Waals surface area contributed by atoms with Crippen molar-refractivity contribution in [3.8, 4) is 11.4 Å². The molecule has 2 rings (SSSR count). The van der Waals surface area contributed by atoms with Crippen molar-refractivity contribution in [3.05, 3.63) is 36.4 Å². The number of imidazole rings is 1. The Balaban J connectivity index is 2.41. The second-order valence-electron chi connectivity index (χ2n) is 3.57. The fourth-order valence-electron chi connectivity index (χ4n) is 1.64. The zero-order valence-electron chi connectivity index (χ0n) is 9.13. The molecule has 0 aliphatic carbocycles. The highest BCUT2D eigenvalue weighted by molar-refractivity contribution is 5.76. The summed E-state index contributed by atoms with van der Waals surface area (Å²) in [6.45, 7) is 3.03. The number of nitrogens with zero attached hydrogens (tertiary/aromatic N) is 3. The molecule has 4 nitrogen and oxygen atoms in total. The van der Waals surface area contributed by atoms with Gasteiger partial charge in [-0.3, -0.25) is 9.78 Å². The number of carbonyl (C=O) groups is 1. The highest BCUT2D eigenvalue weighted by Gasteiger charge is 2.06. The van der Waals surface area contributed by atoms with Gasteiger partial charge in [0.1, 0.15) is 5.82 Å². The minimum atomic E-state index is 0.573. The average molecular weight is 215 g/mol. The lowest BCUT2D eigenvalue weighted by Crippen LogP contribution is -1.99. The summed E-state index contributed by atoms with van der Waals surface area (Å²) < 4.78 is 2.06. The van der Waals surface area contributed by atoms with Gasteiger partial charge in [0.15, 0.2) is 6.29 Å². The summed E-state index contributed by atoms with van der Waals surface area (Å²) in [4.78, 5) is 19.0. The summed E-state index contributed by atoms with van der Waals surface area (Å²) in [5.41, 5.74) is 1.45. The largest absolute Gasteiger partial charge is 0.331 e. The third-order valence-electron chi connectivity index (χ3n) is 2.33. The van der Waals surface area contributed by atoms with Gasteiger partial charge < -0.3 is 4.57 Å². The SMILES string of the molecule is CCCn1ccnc1-c1cncc(C=O)c1. The van der Waals surface area contributed by atoms with Gasteiger partial charge in [-0.05, 0) is 12.5 Å². The van der Waals surface area contributed by atoms with Crippen molar-refractivity contribution in [2.75, 3.05) is 0 Å². The van der Waals surface area contributed by atoms with E-state index in [4.69, 9.17) is 0 Å². The molecule has 0 atom stereocenters. The minimum Gasteiger partial charge on any atom is -0.331 e. The maximum absolute atomic E-state index is 10.7. The molecule has 0 saturated carbocycles. The molecule has 2 aromatic rings. The standard InChI is InChI=1S/C12H13N3O/c1-2-4-15-5-3-14-12(15)11-6-10(9-16)7-13-8-11/h3,5-9H,2,4H2,1H3. The maximum Gasteiger partial charge on any atom is 0.151 e. The summed E-state index contributed by atoms with van der Waals surface area (Å²) in [6.07, 6.45) is 8.81. The predicted molar refractivity (Wildman–Crippen MR) is 61.1 cm³/mol. The van der Waals surface area contributed by atoms with E-state index in [9.17, 15) is 4.79 Å². The van der Waals surface area contributed by atoms with Crippen LogP contribution >= 0.6 is 0 Å². The Morgan fingerprint density at radius 3 is 3.06 bits per heavy atom. The number of pyridine rings is 1. The first-order valence-electron chi connectivity index (χ1n) is 5.27. The molecule has 0 aliphatic heterocycles. The Bertz CT molecular complexity index is 491. The van der Waals surface area contributed by atoms with Crippen LogP contribution in [-0.4, -0.2) is 20.8 Å². The van der Waals surface area contributed by atoms with Crippen LogP contribution in [-0.2, 0) is 6.54 Å². The minimum absolute atomic E-state index is 0.573. The molecule has 0 radical (unpaired) electrons. The molecule has 0 saturated heterocycles. The third kappa shape index (κ3) is 2.00. The Hall–Kier alpha value is -1.97. The lowest BCUT2D eigenvalue weighted by molar-refractivity contribution is 0.112. The summed E-state index contributed by atoms with van der Waals surface area (Å²) >= 11 is 0. The van der Waals surface area contributed by atoms with Gasteiger partial charge in [-0.15, -0.1) is 0 Å². The number of carbonyl (C=O) groups excluding carboxylic acids is 1. The van der Waals surface area contributed by atoms with Gasteiger partial charge >= 0.3 is 0 Å². The molecule has 0 unspecified atom stereocenters. The van der Waals surface area contributed by atoms with Crippen molar-refractivity contribution in [3.63, 3.8) is 0 Å². The maximum atomic E-state index is 10.7. The van der Waals surface area contributed by atoms with Gasteiger partial charge in [-0.1, -0.05) is 6.92 Å². The number of hydrogen-bond acceptors (Lipinski definition) is 3. The predicted octanol–water partition coefficient (Wildman–Crippen LogP) is 2.17. The van der Waals surface area contributed by atoms with E-state index < -0.39 is 0 Å². The Morgan fingerprint density at radius 2 is 2.31 bits per heavy atom. The molecule has 2 aromatic heterocycles. The number of rotatable bonds is 4. The molecule has 16 heavy (non-hydrogen) atoms. The van der Waals surface area contributed by atoms with Crippen LogP contribution in [0.3, 0.4) is 0 Å². The van der Waals surface area contributed by atoms with Crippen LogP contribution in [0.15, 0.2) is 30.9 Å². The summed E-state index contributed by atoms with van der Waals surface area (Å²) in [5.74, 6) is 0.859. The number of aryl methyl sites for hydroxylation is 1. The van der Waals surface area contributed by atoms with E-state index in [-0.39, 0.29) is 0 Å². The summed E-state index contributed by atoms with van der Waals surface area (Å²) in [7, 11) is 0. The lowest BCUT2D eigenvalue weighted by atomic mass is 10.2. The average Bonchev–Trinajstić information content (AvgIpc) is 2.78. The van der Waals surface area contributed by atoms with Gasteiger partial charge in [-0.2, -0.15) is 0 Å². The molecule has 0 N–H and O–H groups in total. The van der Waals surface area contributed by atoms with Crippen LogP contribution in [0.1, 0.15) is 23.7 Å². The van der Waals surface area contributed by atoms with Crippen LogP contribution in [0.2, 0.25) is 0 Å². The van der Waals surface area contributed by atoms with Crippen LogP contribution in [0.4, 0.5) is 0 Å². The van der Waals surface area contributed by atoms with E-state index in [0.29, 0.717) is 5.56 Å². The normalized spacial score (nSPS) is 10.3. The topological polar surface area (TPSA) is 47.8 Å². The Kier molecular flexibility index (Phi) is 3.10. The molecule has 4 heteroatoms. The molecule has 2 heterocycles. The van der Waals surface area contributed by atoms with Crippen molar-refractivity contribution in [2.45, 2.75) is 19.9 Å². The number of hydrogen-bond donors (Lipinski definition) is 0. The second-order valence-corrected chi connectivity index (χ2v) is 3.57. The smallest absolute Gasteiger partial charge is 0.151 e. The molecule has 0 fully saturated rings. The van der Waals surface area contributed by atoms with E-state index in [2.05, 4.69) is 21.5 Å². The van der Waals surface area contributed by atoms with E-state index in [1.54, 1.807) is 24.7 Å². The molecule has 82 valence electrons. The van der Waals surface area contributed by atoms with Gasteiger partial charge in [0.05, 0.1) is 0 Å². The van der Waals surface area contributed by atoms with Crippen molar-refractivity contribution < 1.29 is 4.79 Å². The second kappa shape index (κ2) is 4.70. The lowest BCUT2D eigenvalue weighted by Gasteiger charge is -2.05. The van der Waals surface area contributed by atoms with E-state index in [0.717, 1.165) is 30.6 Å². The van der Waals surface area contributed by atoms with Crippen LogP contribution in [0, 0.1) is 0 Å². The monoisotopic (exact) mass is 215 g/mol. The first kappa shape index (κ1) is 10.5. The van der Waals surface area contributed by atoms with Crippen molar-refractivity contribution >= 4 is 6.29 Å².